The minimum absolute atomic E-state index is 0.158. The molecule has 0 bridgehead atoms. The molecule has 4 N–H and O–H groups in total. The second-order valence-corrected chi connectivity index (χ2v) is 3.61. The number of hydrogen-bond acceptors (Lipinski definition) is 3. The molecule has 0 aromatic carbocycles. The van der Waals surface area contributed by atoms with Crippen LogP contribution in [0.25, 0.3) is 0 Å². The molecule has 78 valence electrons. The highest BCUT2D eigenvalue weighted by molar-refractivity contribution is 5.79. The van der Waals surface area contributed by atoms with Gasteiger partial charge in [-0.05, 0) is 25.9 Å². The van der Waals surface area contributed by atoms with E-state index in [9.17, 15) is 4.79 Å². The fraction of sp³-hybridized carbons (Fsp3) is 0.889. The molecular formula is C9H21N3O. The first-order valence-electron chi connectivity index (χ1n) is 4.72. The average molecular weight is 187 g/mol. The van der Waals surface area contributed by atoms with Gasteiger partial charge < -0.3 is 11.5 Å². The Morgan fingerprint density at radius 1 is 1.54 bits per heavy atom. The molecule has 0 radical (unpaired) electrons. The van der Waals surface area contributed by atoms with E-state index >= 15 is 0 Å². The molecule has 0 aliphatic carbocycles. The summed E-state index contributed by atoms with van der Waals surface area (Å²) >= 11 is 0. The Kier molecular flexibility index (Phi) is 5.66. The third kappa shape index (κ3) is 4.24. The van der Waals surface area contributed by atoms with Gasteiger partial charge in [-0.2, -0.15) is 0 Å². The van der Waals surface area contributed by atoms with Crippen LogP contribution in [0.5, 0.6) is 0 Å². The maximum Gasteiger partial charge on any atom is 0.234 e. The predicted molar refractivity (Wildman–Crippen MR) is 54.1 cm³/mol. The number of carbonyl (C=O) groups excluding carboxylic acids is 1. The van der Waals surface area contributed by atoms with Crippen molar-refractivity contribution in [3.63, 3.8) is 0 Å². The van der Waals surface area contributed by atoms with Gasteiger partial charge in [0, 0.05) is 6.54 Å². The van der Waals surface area contributed by atoms with Crippen molar-refractivity contribution < 1.29 is 4.79 Å². The van der Waals surface area contributed by atoms with Gasteiger partial charge in [0.1, 0.15) is 0 Å². The molecule has 0 rings (SSSR count). The zero-order chi connectivity index (χ0) is 10.4. The standard InChI is InChI=1S/C9H21N3O/c1-4-8(9(11)13)12(3)6-7(2)5-10/h7-8H,4-6,10H2,1-3H3,(H2,11,13). The fourth-order valence-electron chi connectivity index (χ4n) is 1.42. The van der Waals surface area contributed by atoms with Crippen LogP contribution in [0.4, 0.5) is 0 Å². The van der Waals surface area contributed by atoms with Gasteiger partial charge in [-0.3, -0.25) is 9.69 Å². The van der Waals surface area contributed by atoms with Gasteiger partial charge in [0.25, 0.3) is 0 Å². The molecule has 2 atom stereocenters. The molecule has 0 aromatic rings. The highest BCUT2D eigenvalue weighted by Gasteiger charge is 2.19. The Morgan fingerprint density at radius 2 is 2.08 bits per heavy atom. The zero-order valence-electron chi connectivity index (χ0n) is 8.79. The molecule has 13 heavy (non-hydrogen) atoms. The van der Waals surface area contributed by atoms with Crippen molar-refractivity contribution in [3.05, 3.63) is 0 Å². The SMILES string of the molecule is CCC(C(N)=O)N(C)CC(C)CN. The van der Waals surface area contributed by atoms with E-state index in [0.717, 1.165) is 13.0 Å². The number of rotatable bonds is 6. The summed E-state index contributed by atoms with van der Waals surface area (Å²) in [4.78, 5) is 13.0. The highest BCUT2D eigenvalue weighted by Crippen LogP contribution is 2.04. The lowest BCUT2D eigenvalue weighted by Gasteiger charge is -2.26. The summed E-state index contributed by atoms with van der Waals surface area (Å²) in [6.45, 7) is 5.47. The first kappa shape index (κ1) is 12.4. The molecule has 0 saturated heterocycles. The quantitative estimate of drug-likeness (QED) is 0.603. The van der Waals surface area contributed by atoms with Crippen LogP contribution in [0.2, 0.25) is 0 Å². The van der Waals surface area contributed by atoms with E-state index in [4.69, 9.17) is 11.5 Å². The van der Waals surface area contributed by atoms with E-state index in [2.05, 4.69) is 6.92 Å². The second-order valence-electron chi connectivity index (χ2n) is 3.61. The summed E-state index contributed by atoms with van der Waals surface area (Å²) in [6.07, 6.45) is 0.753. The molecular weight excluding hydrogens is 166 g/mol. The lowest BCUT2D eigenvalue weighted by atomic mass is 10.1. The van der Waals surface area contributed by atoms with Crippen LogP contribution in [-0.2, 0) is 4.79 Å². The number of nitrogens with two attached hydrogens (primary N) is 2. The summed E-state index contributed by atoms with van der Waals surface area (Å²) in [5.41, 5.74) is 10.7. The van der Waals surface area contributed by atoms with Crippen LogP contribution in [0.15, 0.2) is 0 Å². The molecule has 0 heterocycles. The Hall–Kier alpha value is -0.610. The number of hydrogen-bond donors (Lipinski definition) is 2. The van der Waals surface area contributed by atoms with E-state index in [-0.39, 0.29) is 11.9 Å². The van der Waals surface area contributed by atoms with Gasteiger partial charge >= 0.3 is 0 Å². The van der Waals surface area contributed by atoms with Gasteiger partial charge in [0.05, 0.1) is 6.04 Å². The smallest absolute Gasteiger partial charge is 0.234 e. The van der Waals surface area contributed by atoms with Crippen molar-refractivity contribution in [1.29, 1.82) is 0 Å². The molecule has 0 saturated carbocycles. The maximum atomic E-state index is 11.0. The Bertz CT molecular complexity index is 161. The largest absolute Gasteiger partial charge is 0.368 e. The number of likely N-dealkylation sites (N-methyl/N-ethyl adjacent to an activating group) is 1. The molecule has 0 aromatic heterocycles. The molecule has 4 nitrogen and oxygen atoms in total. The van der Waals surface area contributed by atoms with E-state index in [1.54, 1.807) is 0 Å². The van der Waals surface area contributed by atoms with Gasteiger partial charge in [0.2, 0.25) is 5.91 Å². The van der Waals surface area contributed by atoms with Crippen LogP contribution in [-0.4, -0.2) is 37.0 Å². The highest BCUT2D eigenvalue weighted by atomic mass is 16.1. The lowest BCUT2D eigenvalue weighted by Crippen LogP contribution is -2.44. The first-order valence-corrected chi connectivity index (χ1v) is 4.72. The summed E-state index contributed by atoms with van der Waals surface area (Å²) in [5, 5.41) is 0. The van der Waals surface area contributed by atoms with E-state index in [1.807, 2.05) is 18.9 Å². The molecule has 0 spiro atoms. The normalized spacial score (nSPS) is 15.8. The van der Waals surface area contributed by atoms with Crippen LogP contribution < -0.4 is 11.5 Å². The number of nitrogens with zero attached hydrogens (tertiary/aromatic N) is 1. The van der Waals surface area contributed by atoms with Crippen molar-refractivity contribution in [2.24, 2.45) is 17.4 Å². The van der Waals surface area contributed by atoms with Crippen molar-refractivity contribution in [2.75, 3.05) is 20.1 Å². The van der Waals surface area contributed by atoms with Gasteiger partial charge in [-0.1, -0.05) is 13.8 Å². The molecule has 1 amide bonds. The van der Waals surface area contributed by atoms with Crippen molar-refractivity contribution in [1.82, 2.24) is 4.90 Å². The number of primary amides is 1. The second kappa shape index (κ2) is 5.94. The third-order valence-corrected chi connectivity index (χ3v) is 2.25. The average Bonchev–Trinajstić information content (AvgIpc) is 2.04. The number of carbonyl (C=O) groups is 1. The van der Waals surface area contributed by atoms with Gasteiger partial charge in [-0.25, -0.2) is 0 Å². The van der Waals surface area contributed by atoms with E-state index in [1.165, 1.54) is 0 Å². The minimum Gasteiger partial charge on any atom is -0.368 e. The molecule has 0 aliphatic rings. The predicted octanol–water partition coefficient (Wildman–Crippen LogP) is -0.223. The summed E-state index contributed by atoms with van der Waals surface area (Å²) in [5.74, 6) is 0.146. The topological polar surface area (TPSA) is 72.4 Å². The Labute approximate surface area is 80.3 Å². The lowest BCUT2D eigenvalue weighted by molar-refractivity contribution is -0.123. The Balaban J connectivity index is 4.05. The van der Waals surface area contributed by atoms with Crippen molar-refractivity contribution >= 4 is 5.91 Å². The van der Waals surface area contributed by atoms with Crippen molar-refractivity contribution in [2.45, 2.75) is 26.3 Å². The molecule has 2 unspecified atom stereocenters. The van der Waals surface area contributed by atoms with Crippen molar-refractivity contribution in [3.8, 4) is 0 Å². The van der Waals surface area contributed by atoms with Crippen LogP contribution in [0, 0.1) is 5.92 Å². The first-order chi connectivity index (χ1) is 6.02. The summed E-state index contributed by atoms with van der Waals surface area (Å²) in [7, 11) is 1.91. The molecule has 0 aliphatic heterocycles. The third-order valence-electron chi connectivity index (χ3n) is 2.25. The van der Waals surface area contributed by atoms with Gasteiger partial charge in [-0.15, -0.1) is 0 Å². The fourth-order valence-corrected chi connectivity index (χ4v) is 1.42. The van der Waals surface area contributed by atoms with Gasteiger partial charge in [0.15, 0.2) is 0 Å². The minimum atomic E-state index is -0.255. The molecule has 0 fully saturated rings. The van der Waals surface area contributed by atoms with Crippen LogP contribution in [0.3, 0.4) is 0 Å². The number of amides is 1. The zero-order valence-corrected chi connectivity index (χ0v) is 8.79. The van der Waals surface area contributed by atoms with Crippen LogP contribution in [0.1, 0.15) is 20.3 Å². The molecule has 4 heteroatoms. The maximum absolute atomic E-state index is 11.0. The Morgan fingerprint density at radius 3 is 2.38 bits per heavy atom. The van der Waals surface area contributed by atoms with E-state index < -0.39 is 0 Å². The monoisotopic (exact) mass is 187 g/mol. The summed E-state index contributed by atoms with van der Waals surface area (Å²) < 4.78 is 0. The van der Waals surface area contributed by atoms with E-state index in [0.29, 0.717) is 12.5 Å². The summed E-state index contributed by atoms with van der Waals surface area (Å²) in [6, 6.07) is -0.158. The van der Waals surface area contributed by atoms with Crippen LogP contribution >= 0.6 is 0 Å².